The van der Waals surface area contributed by atoms with E-state index in [4.69, 9.17) is 10.8 Å². The van der Waals surface area contributed by atoms with Gasteiger partial charge in [-0.2, -0.15) is 5.10 Å². The van der Waals surface area contributed by atoms with Gasteiger partial charge in [0, 0.05) is 18.2 Å². The van der Waals surface area contributed by atoms with E-state index in [0.29, 0.717) is 29.9 Å². The van der Waals surface area contributed by atoms with Gasteiger partial charge in [-0.1, -0.05) is 13.8 Å². The molecular formula is C24H31N5O2. The van der Waals surface area contributed by atoms with Crippen molar-refractivity contribution >= 4 is 17.4 Å². The van der Waals surface area contributed by atoms with Crippen molar-refractivity contribution in [2.24, 2.45) is 23.0 Å². The molecule has 1 amide bonds. The molecule has 3 aliphatic rings. The highest BCUT2D eigenvalue weighted by molar-refractivity contribution is 6.00. The number of ketones is 1. The first-order valence-corrected chi connectivity index (χ1v) is 11.2. The number of amides is 1. The van der Waals surface area contributed by atoms with E-state index in [2.05, 4.69) is 24.5 Å². The molecule has 0 spiro atoms. The average molecular weight is 422 g/mol. The predicted octanol–water partition coefficient (Wildman–Crippen LogP) is 2.84. The molecule has 2 aromatic rings. The summed E-state index contributed by atoms with van der Waals surface area (Å²) in [4.78, 5) is 24.9. The molecule has 2 heterocycles. The number of nitrogens with one attached hydrogen (secondary N) is 2. The van der Waals surface area contributed by atoms with Crippen LogP contribution in [0.2, 0.25) is 0 Å². The van der Waals surface area contributed by atoms with Crippen LogP contribution in [0.1, 0.15) is 65.2 Å². The molecule has 1 aliphatic heterocycles. The second-order valence-corrected chi connectivity index (χ2v) is 10.3. The SMILES string of the molecule is Cc1nn(-c2ccc(C(N)=O)c(NC3CC4CNCC4C3)c2)c2c1C(=O)CC(C)(C)C2. The Morgan fingerprint density at radius 1 is 1.23 bits per heavy atom. The van der Waals surface area contributed by atoms with Gasteiger partial charge in [-0.25, -0.2) is 4.68 Å². The van der Waals surface area contributed by atoms with Crippen molar-refractivity contribution in [2.45, 2.75) is 52.5 Å². The van der Waals surface area contributed by atoms with Crippen molar-refractivity contribution in [2.75, 3.05) is 18.4 Å². The molecule has 1 saturated heterocycles. The molecule has 2 unspecified atom stereocenters. The van der Waals surface area contributed by atoms with E-state index in [9.17, 15) is 9.59 Å². The molecule has 4 N–H and O–H groups in total. The molecule has 31 heavy (non-hydrogen) atoms. The zero-order valence-corrected chi connectivity index (χ0v) is 18.5. The normalized spacial score (nSPS) is 26.5. The van der Waals surface area contributed by atoms with E-state index in [-0.39, 0.29) is 11.2 Å². The number of nitrogens with two attached hydrogens (primary N) is 1. The zero-order valence-electron chi connectivity index (χ0n) is 18.5. The number of hydrogen-bond donors (Lipinski definition) is 3. The molecule has 164 valence electrons. The Labute approximate surface area is 182 Å². The van der Waals surface area contributed by atoms with E-state index in [0.717, 1.165) is 60.7 Å². The number of carbonyl (C=O) groups is 2. The van der Waals surface area contributed by atoms with E-state index in [1.807, 2.05) is 23.7 Å². The van der Waals surface area contributed by atoms with Crippen LogP contribution >= 0.6 is 0 Å². The van der Waals surface area contributed by atoms with Crippen LogP contribution in [0.25, 0.3) is 5.69 Å². The van der Waals surface area contributed by atoms with Crippen LogP contribution in [0.3, 0.4) is 0 Å². The Hall–Kier alpha value is -2.67. The molecule has 0 radical (unpaired) electrons. The summed E-state index contributed by atoms with van der Waals surface area (Å²) in [5.74, 6) is 1.12. The fraction of sp³-hybridized carbons (Fsp3) is 0.542. The monoisotopic (exact) mass is 421 g/mol. The van der Waals surface area contributed by atoms with E-state index >= 15 is 0 Å². The van der Waals surface area contributed by atoms with Gasteiger partial charge >= 0.3 is 0 Å². The van der Waals surface area contributed by atoms with Crippen molar-refractivity contribution < 1.29 is 9.59 Å². The van der Waals surface area contributed by atoms with Gasteiger partial charge < -0.3 is 16.4 Å². The lowest BCUT2D eigenvalue weighted by atomic mass is 9.75. The number of fused-ring (bicyclic) bond motifs is 2. The highest BCUT2D eigenvalue weighted by Crippen LogP contribution is 2.39. The maximum absolute atomic E-state index is 12.8. The van der Waals surface area contributed by atoms with Crippen LogP contribution in [0, 0.1) is 24.2 Å². The lowest BCUT2D eigenvalue weighted by Crippen LogP contribution is -2.28. The predicted molar refractivity (Wildman–Crippen MR) is 120 cm³/mol. The van der Waals surface area contributed by atoms with Crippen LogP contribution < -0.4 is 16.4 Å². The summed E-state index contributed by atoms with van der Waals surface area (Å²) in [5.41, 5.74) is 10.2. The number of carbonyl (C=O) groups excluding carboxylic acids is 2. The molecule has 1 aromatic heterocycles. The standard InChI is InChI=1S/C24H31N5O2/c1-13-22-20(9-24(2,3)10-21(22)30)29(28-13)17-4-5-18(23(25)31)19(8-17)27-16-6-14-11-26-12-15(14)7-16/h4-5,8,14-16,26-27H,6-7,9-12H2,1-3H3,(H2,25,31). The van der Waals surface area contributed by atoms with Gasteiger partial charge in [0.2, 0.25) is 0 Å². The summed E-state index contributed by atoms with van der Waals surface area (Å²) in [7, 11) is 0. The molecule has 5 rings (SSSR count). The van der Waals surface area contributed by atoms with Crippen LogP contribution in [-0.4, -0.2) is 40.6 Å². The molecule has 2 aliphatic carbocycles. The van der Waals surface area contributed by atoms with Gasteiger partial charge in [0.25, 0.3) is 5.91 Å². The molecule has 7 heteroatoms. The maximum atomic E-state index is 12.8. The quantitative estimate of drug-likeness (QED) is 0.705. The molecule has 2 fully saturated rings. The molecule has 7 nitrogen and oxygen atoms in total. The second-order valence-electron chi connectivity index (χ2n) is 10.3. The van der Waals surface area contributed by atoms with Crippen LogP contribution in [0.4, 0.5) is 5.69 Å². The molecule has 2 atom stereocenters. The number of anilines is 1. The van der Waals surface area contributed by atoms with E-state index < -0.39 is 5.91 Å². The van der Waals surface area contributed by atoms with E-state index in [1.165, 1.54) is 0 Å². The lowest BCUT2D eigenvalue weighted by Gasteiger charge is -2.29. The number of nitrogens with zero attached hydrogens (tertiary/aromatic N) is 2. The highest BCUT2D eigenvalue weighted by atomic mass is 16.1. The number of Topliss-reactive ketones (excluding diaryl/α,β-unsaturated/α-hetero) is 1. The molecule has 1 saturated carbocycles. The fourth-order valence-corrected chi connectivity index (χ4v) is 5.86. The topological polar surface area (TPSA) is 102 Å². The van der Waals surface area contributed by atoms with Gasteiger partial charge in [-0.3, -0.25) is 9.59 Å². The third-order valence-corrected chi connectivity index (χ3v) is 7.25. The number of hydrogen-bond acceptors (Lipinski definition) is 5. The summed E-state index contributed by atoms with van der Waals surface area (Å²) in [6.07, 6.45) is 3.52. The Bertz CT molecular complexity index is 1060. The number of rotatable bonds is 4. The minimum Gasteiger partial charge on any atom is -0.382 e. The summed E-state index contributed by atoms with van der Waals surface area (Å²) in [6.45, 7) is 8.29. The van der Waals surface area contributed by atoms with E-state index in [1.54, 1.807) is 6.07 Å². The summed E-state index contributed by atoms with van der Waals surface area (Å²) < 4.78 is 1.88. The van der Waals surface area contributed by atoms with Gasteiger partial charge in [0.1, 0.15) is 0 Å². The average Bonchev–Trinajstić information content (AvgIpc) is 3.34. The Morgan fingerprint density at radius 2 is 1.94 bits per heavy atom. The molecule has 1 aromatic carbocycles. The third-order valence-electron chi connectivity index (χ3n) is 7.25. The lowest BCUT2D eigenvalue weighted by molar-refractivity contribution is 0.0909. The largest absolute Gasteiger partial charge is 0.382 e. The van der Waals surface area contributed by atoms with Crippen LogP contribution in [-0.2, 0) is 6.42 Å². The Kier molecular flexibility index (Phi) is 4.70. The fourth-order valence-electron chi connectivity index (χ4n) is 5.86. The number of benzene rings is 1. The first kappa shape index (κ1) is 20.2. The van der Waals surface area contributed by atoms with Gasteiger partial charge in [0.15, 0.2) is 5.78 Å². The highest BCUT2D eigenvalue weighted by Gasteiger charge is 2.38. The molecule has 0 bridgehead atoms. The minimum atomic E-state index is -0.441. The van der Waals surface area contributed by atoms with Crippen molar-refractivity contribution in [3.8, 4) is 5.69 Å². The zero-order chi connectivity index (χ0) is 21.9. The van der Waals surface area contributed by atoms with Crippen LogP contribution in [0.15, 0.2) is 18.2 Å². The number of aryl methyl sites for hydroxylation is 1. The number of aromatic nitrogens is 2. The Morgan fingerprint density at radius 3 is 2.61 bits per heavy atom. The number of primary amides is 1. The van der Waals surface area contributed by atoms with Gasteiger partial charge in [0.05, 0.1) is 28.2 Å². The Balaban J connectivity index is 1.51. The second kappa shape index (κ2) is 7.19. The maximum Gasteiger partial charge on any atom is 0.250 e. The molecular weight excluding hydrogens is 390 g/mol. The van der Waals surface area contributed by atoms with Crippen molar-refractivity contribution in [1.29, 1.82) is 0 Å². The van der Waals surface area contributed by atoms with Crippen molar-refractivity contribution in [3.63, 3.8) is 0 Å². The van der Waals surface area contributed by atoms with Gasteiger partial charge in [-0.15, -0.1) is 0 Å². The minimum absolute atomic E-state index is 0.0990. The summed E-state index contributed by atoms with van der Waals surface area (Å²) in [6, 6.07) is 5.94. The van der Waals surface area contributed by atoms with Gasteiger partial charge in [-0.05, 0) is 74.7 Å². The summed E-state index contributed by atoms with van der Waals surface area (Å²) in [5, 5.41) is 11.8. The van der Waals surface area contributed by atoms with Crippen molar-refractivity contribution in [3.05, 3.63) is 40.7 Å². The van der Waals surface area contributed by atoms with Crippen molar-refractivity contribution in [1.82, 2.24) is 15.1 Å². The first-order chi connectivity index (χ1) is 14.7. The summed E-state index contributed by atoms with van der Waals surface area (Å²) >= 11 is 0. The third kappa shape index (κ3) is 3.55. The first-order valence-electron chi connectivity index (χ1n) is 11.2. The van der Waals surface area contributed by atoms with Crippen LogP contribution in [0.5, 0.6) is 0 Å². The smallest absolute Gasteiger partial charge is 0.250 e.